The fourth-order valence-electron chi connectivity index (χ4n) is 3.06. The maximum atomic E-state index is 6.45. The molecule has 0 saturated carbocycles. The number of nitrogens with zero attached hydrogens (tertiary/aromatic N) is 2. The second kappa shape index (κ2) is 9.89. The number of hydrogen-bond acceptors (Lipinski definition) is 6. The van der Waals surface area contributed by atoms with Crippen LogP contribution in [0.5, 0.6) is 17.4 Å². The molecule has 7 heteroatoms. The third-order valence-electron chi connectivity index (χ3n) is 6.17. The van der Waals surface area contributed by atoms with E-state index in [1.54, 1.807) is 14.2 Å². The quantitative estimate of drug-likeness (QED) is 0.447. The Morgan fingerprint density at radius 3 is 2.19 bits per heavy atom. The fourth-order valence-corrected chi connectivity index (χ4v) is 4.08. The molecule has 0 bridgehead atoms. The van der Waals surface area contributed by atoms with Crippen molar-refractivity contribution in [3.8, 4) is 28.6 Å². The van der Waals surface area contributed by atoms with Gasteiger partial charge in [0.05, 0.1) is 25.6 Å². The predicted octanol–water partition coefficient (Wildman–Crippen LogP) is 6.45. The van der Waals surface area contributed by atoms with Crippen LogP contribution in [-0.4, -0.2) is 38.5 Å². The van der Waals surface area contributed by atoms with E-state index in [0.717, 1.165) is 35.5 Å². The number of methoxy groups -OCH3 is 2. The lowest BCUT2D eigenvalue weighted by Gasteiger charge is -2.36. The van der Waals surface area contributed by atoms with Crippen molar-refractivity contribution in [2.75, 3.05) is 19.5 Å². The standard InChI is InChI=1S/C24H39N3O3Si/c1-11-17(12-2)26-22-23(29-8)27-21(16(3)25-22)19-14-13-18(15-20(19)28-7)30-31(9,10)24(4,5)6/h13-15,17H,11-12H2,1-10H3,(H,25,26). The second-order valence-electron chi connectivity index (χ2n) is 9.40. The van der Waals surface area contributed by atoms with Gasteiger partial charge in [0.15, 0.2) is 5.82 Å². The fraction of sp³-hybridized carbons (Fsp3) is 0.583. The van der Waals surface area contributed by atoms with Crippen LogP contribution in [0.3, 0.4) is 0 Å². The van der Waals surface area contributed by atoms with Gasteiger partial charge < -0.3 is 19.2 Å². The van der Waals surface area contributed by atoms with Crippen LogP contribution in [-0.2, 0) is 0 Å². The van der Waals surface area contributed by atoms with Gasteiger partial charge >= 0.3 is 0 Å². The first-order valence-corrected chi connectivity index (χ1v) is 13.9. The molecule has 2 aromatic rings. The average Bonchev–Trinajstić information content (AvgIpc) is 2.71. The number of hydrogen-bond donors (Lipinski definition) is 1. The van der Waals surface area contributed by atoms with E-state index in [2.05, 4.69) is 53.0 Å². The Balaban J connectivity index is 2.46. The number of aryl methyl sites for hydroxylation is 1. The van der Waals surface area contributed by atoms with Crippen molar-refractivity contribution >= 4 is 14.1 Å². The largest absolute Gasteiger partial charge is 0.543 e. The summed E-state index contributed by atoms with van der Waals surface area (Å²) >= 11 is 0. The van der Waals surface area contributed by atoms with Crippen molar-refractivity contribution in [1.29, 1.82) is 0 Å². The van der Waals surface area contributed by atoms with E-state index in [1.807, 2.05) is 25.1 Å². The summed E-state index contributed by atoms with van der Waals surface area (Å²) in [6.07, 6.45) is 2.01. The molecule has 1 N–H and O–H groups in total. The molecule has 1 heterocycles. The number of rotatable bonds is 9. The topological polar surface area (TPSA) is 65.5 Å². The van der Waals surface area contributed by atoms with Crippen LogP contribution in [0.2, 0.25) is 18.1 Å². The third kappa shape index (κ3) is 5.70. The van der Waals surface area contributed by atoms with E-state index in [4.69, 9.17) is 23.9 Å². The van der Waals surface area contributed by atoms with Crippen LogP contribution in [0.4, 0.5) is 5.82 Å². The summed E-state index contributed by atoms with van der Waals surface area (Å²) in [5.74, 6) is 2.68. The highest BCUT2D eigenvalue weighted by Crippen LogP contribution is 2.40. The minimum absolute atomic E-state index is 0.117. The Hall–Kier alpha value is -2.28. The van der Waals surface area contributed by atoms with E-state index in [0.29, 0.717) is 23.5 Å². The van der Waals surface area contributed by atoms with Crippen LogP contribution < -0.4 is 19.2 Å². The molecule has 0 amide bonds. The Bertz CT molecular complexity index is 890. The molecule has 0 aliphatic rings. The highest BCUT2D eigenvalue weighted by atomic mass is 28.4. The molecule has 31 heavy (non-hydrogen) atoms. The Kier molecular flexibility index (Phi) is 7.97. The van der Waals surface area contributed by atoms with E-state index in [9.17, 15) is 0 Å². The van der Waals surface area contributed by atoms with E-state index in [-0.39, 0.29) is 5.04 Å². The van der Waals surface area contributed by atoms with Gasteiger partial charge in [-0.15, -0.1) is 0 Å². The first-order chi connectivity index (χ1) is 14.5. The molecular weight excluding hydrogens is 406 g/mol. The lowest BCUT2D eigenvalue weighted by Crippen LogP contribution is -2.43. The van der Waals surface area contributed by atoms with Gasteiger partial charge in [0.25, 0.3) is 5.88 Å². The molecule has 0 fully saturated rings. The van der Waals surface area contributed by atoms with Gasteiger partial charge in [-0.2, -0.15) is 0 Å². The zero-order chi connectivity index (χ0) is 23.4. The molecule has 0 unspecified atom stereocenters. The molecule has 0 saturated heterocycles. The molecule has 1 aromatic heterocycles. The highest BCUT2D eigenvalue weighted by Gasteiger charge is 2.39. The Labute approximate surface area is 188 Å². The van der Waals surface area contributed by atoms with Crippen molar-refractivity contribution < 1.29 is 13.9 Å². The summed E-state index contributed by atoms with van der Waals surface area (Å²) in [5, 5.41) is 3.57. The van der Waals surface area contributed by atoms with Crippen molar-refractivity contribution in [1.82, 2.24) is 9.97 Å². The average molecular weight is 446 g/mol. The zero-order valence-corrected chi connectivity index (χ0v) is 21.8. The van der Waals surface area contributed by atoms with Crippen LogP contribution in [0.25, 0.3) is 11.3 Å². The monoisotopic (exact) mass is 445 g/mol. The number of ether oxygens (including phenoxy) is 2. The van der Waals surface area contributed by atoms with Crippen molar-refractivity contribution in [3.05, 3.63) is 23.9 Å². The number of aromatic nitrogens is 2. The van der Waals surface area contributed by atoms with E-state index < -0.39 is 8.32 Å². The zero-order valence-electron chi connectivity index (χ0n) is 20.8. The molecule has 0 atom stereocenters. The number of nitrogens with one attached hydrogen (secondary N) is 1. The van der Waals surface area contributed by atoms with Crippen molar-refractivity contribution in [2.24, 2.45) is 0 Å². The smallest absolute Gasteiger partial charge is 0.257 e. The maximum Gasteiger partial charge on any atom is 0.257 e. The molecule has 172 valence electrons. The molecule has 0 radical (unpaired) electrons. The van der Waals surface area contributed by atoms with E-state index >= 15 is 0 Å². The summed E-state index contributed by atoms with van der Waals surface area (Å²) in [6.45, 7) is 17.4. The van der Waals surface area contributed by atoms with Crippen LogP contribution >= 0.6 is 0 Å². The highest BCUT2D eigenvalue weighted by molar-refractivity contribution is 6.74. The molecule has 0 spiro atoms. The molecule has 0 aliphatic carbocycles. The van der Waals surface area contributed by atoms with Gasteiger partial charge in [0.2, 0.25) is 8.32 Å². The Morgan fingerprint density at radius 1 is 1.03 bits per heavy atom. The Morgan fingerprint density at radius 2 is 1.68 bits per heavy atom. The molecule has 1 aromatic carbocycles. The lowest BCUT2D eigenvalue weighted by atomic mass is 10.1. The summed E-state index contributed by atoms with van der Waals surface area (Å²) in [6, 6.07) is 6.25. The van der Waals surface area contributed by atoms with Gasteiger partial charge in [-0.25, -0.2) is 9.97 Å². The summed E-state index contributed by atoms with van der Waals surface area (Å²) < 4.78 is 17.7. The number of anilines is 1. The van der Waals surface area contributed by atoms with Crippen LogP contribution in [0.1, 0.15) is 53.2 Å². The first-order valence-electron chi connectivity index (χ1n) is 11.0. The van der Waals surface area contributed by atoms with Gasteiger partial charge in [-0.3, -0.25) is 0 Å². The van der Waals surface area contributed by atoms with Gasteiger partial charge in [-0.1, -0.05) is 34.6 Å². The molecular formula is C24H39N3O3Si. The first kappa shape index (κ1) is 25.0. The summed E-state index contributed by atoms with van der Waals surface area (Å²) in [5.41, 5.74) is 2.41. The van der Waals surface area contributed by atoms with E-state index in [1.165, 1.54) is 0 Å². The van der Waals surface area contributed by atoms with Gasteiger partial charge in [0, 0.05) is 17.7 Å². The minimum atomic E-state index is -1.95. The summed E-state index contributed by atoms with van der Waals surface area (Å²) in [4.78, 5) is 9.54. The lowest BCUT2D eigenvalue weighted by molar-refractivity contribution is 0.396. The second-order valence-corrected chi connectivity index (χ2v) is 14.1. The SMILES string of the molecule is CCC(CC)Nc1nc(C)c(-c2ccc(O[Si](C)(C)C(C)(C)C)cc2OC)nc1OC. The summed E-state index contributed by atoms with van der Waals surface area (Å²) in [7, 11) is 1.34. The number of benzene rings is 1. The van der Waals surface area contributed by atoms with Crippen molar-refractivity contribution in [3.63, 3.8) is 0 Å². The molecule has 6 nitrogen and oxygen atoms in total. The predicted molar refractivity (Wildman–Crippen MR) is 131 cm³/mol. The normalized spacial score (nSPS) is 12.1. The van der Waals surface area contributed by atoms with Crippen LogP contribution in [0.15, 0.2) is 18.2 Å². The van der Waals surface area contributed by atoms with Gasteiger partial charge in [-0.05, 0) is 50.0 Å². The molecule has 0 aliphatic heterocycles. The molecule has 2 rings (SSSR count). The minimum Gasteiger partial charge on any atom is -0.543 e. The van der Waals surface area contributed by atoms with Crippen LogP contribution in [0, 0.1) is 6.92 Å². The van der Waals surface area contributed by atoms with Gasteiger partial charge in [0.1, 0.15) is 11.5 Å². The third-order valence-corrected chi connectivity index (χ3v) is 10.5. The van der Waals surface area contributed by atoms with Crippen molar-refractivity contribution in [2.45, 2.75) is 78.6 Å². The maximum absolute atomic E-state index is 6.45.